The Morgan fingerprint density at radius 1 is 0.939 bits per heavy atom. The fourth-order valence-corrected chi connectivity index (χ4v) is 3.68. The monoisotopic (exact) mass is 448 g/mol. The Balaban J connectivity index is 1.73. The Morgan fingerprint density at radius 3 is 2.24 bits per heavy atom. The molecule has 0 radical (unpaired) electrons. The van der Waals surface area contributed by atoms with Crippen LogP contribution in [-0.4, -0.2) is 40.8 Å². The van der Waals surface area contributed by atoms with Gasteiger partial charge in [-0.2, -0.15) is 0 Å². The Bertz CT molecular complexity index is 1210. The van der Waals surface area contributed by atoms with E-state index in [9.17, 15) is 0 Å². The van der Waals surface area contributed by atoms with Gasteiger partial charge >= 0.3 is 0 Å². The fraction of sp³-hybridized carbons (Fsp3) is 0.292. The molecule has 9 nitrogen and oxygen atoms in total. The minimum Gasteiger partial charge on any atom is -0.493 e. The Morgan fingerprint density at radius 2 is 1.64 bits per heavy atom. The van der Waals surface area contributed by atoms with Gasteiger partial charge in [0.1, 0.15) is 6.33 Å². The summed E-state index contributed by atoms with van der Waals surface area (Å²) in [4.78, 5) is 13.8. The van der Waals surface area contributed by atoms with Crippen LogP contribution in [0.1, 0.15) is 25.5 Å². The second-order valence-electron chi connectivity index (χ2n) is 7.67. The number of rotatable bonds is 9. The first-order valence-electron chi connectivity index (χ1n) is 10.6. The van der Waals surface area contributed by atoms with Crippen molar-refractivity contribution in [1.29, 1.82) is 0 Å². The van der Waals surface area contributed by atoms with E-state index < -0.39 is 0 Å². The quantitative estimate of drug-likeness (QED) is 0.377. The number of benzene rings is 2. The number of fused-ring (bicyclic) bond motifs is 1. The summed E-state index contributed by atoms with van der Waals surface area (Å²) in [6.45, 7) is 4.80. The van der Waals surface area contributed by atoms with Crippen LogP contribution in [-0.2, 0) is 6.54 Å². The summed E-state index contributed by atoms with van der Waals surface area (Å²) in [6.07, 6.45) is 1.55. The third-order valence-electron chi connectivity index (χ3n) is 5.22. The zero-order chi connectivity index (χ0) is 23.4. The van der Waals surface area contributed by atoms with Gasteiger partial charge in [-0.05, 0) is 19.4 Å². The molecule has 0 aliphatic rings. The van der Waals surface area contributed by atoms with Crippen molar-refractivity contribution >= 4 is 28.6 Å². The molecule has 0 fully saturated rings. The normalized spacial score (nSPS) is 11.0. The number of aromatic nitrogens is 4. The summed E-state index contributed by atoms with van der Waals surface area (Å²) in [5.41, 5.74) is 3.33. The molecule has 2 N–H and O–H groups in total. The molecule has 0 saturated carbocycles. The standard InChI is InChI=1S/C24H28N6O3/c1-15(2)30-23-20(22(26-14-27-23)25-13-16-9-7-6-8-10-16)29-24(30)28-17-11-18(31-3)21(33-5)19(12-17)32-4/h6-12,14-15H,13H2,1-5H3,(H,28,29)(H,25,26,27). The predicted molar refractivity (Wildman–Crippen MR) is 129 cm³/mol. The summed E-state index contributed by atoms with van der Waals surface area (Å²) in [6, 6.07) is 13.9. The van der Waals surface area contributed by atoms with Crippen LogP contribution in [0.15, 0.2) is 48.8 Å². The molecular weight excluding hydrogens is 420 g/mol. The minimum atomic E-state index is 0.108. The summed E-state index contributed by atoms with van der Waals surface area (Å²) < 4.78 is 18.4. The highest BCUT2D eigenvalue weighted by molar-refractivity contribution is 5.86. The first-order chi connectivity index (χ1) is 16.0. The van der Waals surface area contributed by atoms with Gasteiger partial charge in [0.05, 0.1) is 21.3 Å². The van der Waals surface area contributed by atoms with Crippen LogP contribution in [0.3, 0.4) is 0 Å². The van der Waals surface area contributed by atoms with Crippen molar-refractivity contribution in [2.45, 2.75) is 26.4 Å². The lowest BCUT2D eigenvalue weighted by Crippen LogP contribution is -2.07. The average Bonchev–Trinajstić information content (AvgIpc) is 3.21. The molecule has 2 aromatic heterocycles. The van der Waals surface area contributed by atoms with Gasteiger partial charge in [0.15, 0.2) is 28.5 Å². The van der Waals surface area contributed by atoms with Crippen LogP contribution in [0.25, 0.3) is 11.2 Å². The van der Waals surface area contributed by atoms with E-state index in [1.807, 2.05) is 34.9 Å². The molecule has 0 aliphatic carbocycles. The summed E-state index contributed by atoms with van der Waals surface area (Å²) in [5.74, 6) is 2.95. The number of hydrogen-bond donors (Lipinski definition) is 2. The molecule has 9 heteroatoms. The third kappa shape index (κ3) is 4.48. The van der Waals surface area contributed by atoms with Crippen LogP contribution in [0.5, 0.6) is 17.2 Å². The van der Waals surface area contributed by atoms with Gasteiger partial charge in [0.2, 0.25) is 11.7 Å². The van der Waals surface area contributed by atoms with E-state index in [1.54, 1.807) is 27.7 Å². The number of nitrogens with zero attached hydrogens (tertiary/aromatic N) is 4. The van der Waals surface area contributed by atoms with E-state index in [2.05, 4.69) is 46.6 Å². The predicted octanol–water partition coefficient (Wildman–Crippen LogP) is 4.79. The van der Waals surface area contributed by atoms with Crippen molar-refractivity contribution in [3.8, 4) is 17.2 Å². The van der Waals surface area contributed by atoms with E-state index in [-0.39, 0.29) is 6.04 Å². The minimum absolute atomic E-state index is 0.108. The summed E-state index contributed by atoms with van der Waals surface area (Å²) in [5, 5.41) is 6.77. The number of imidazole rings is 1. The van der Waals surface area contributed by atoms with Gasteiger partial charge in [-0.15, -0.1) is 0 Å². The maximum absolute atomic E-state index is 5.48. The van der Waals surface area contributed by atoms with Crippen molar-refractivity contribution in [2.75, 3.05) is 32.0 Å². The Labute approximate surface area is 192 Å². The molecule has 0 amide bonds. The maximum atomic E-state index is 5.48. The van der Waals surface area contributed by atoms with E-state index in [1.165, 1.54) is 0 Å². The zero-order valence-electron chi connectivity index (χ0n) is 19.4. The summed E-state index contributed by atoms with van der Waals surface area (Å²) >= 11 is 0. The Kier molecular flexibility index (Phi) is 6.48. The number of anilines is 3. The van der Waals surface area contributed by atoms with E-state index in [0.717, 1.165) is 16.9 Å². The van der Waals surface area contributed by atoms with Gasteiger partial charge in [0.25, 0.3) is 0 Å². The SMILES string of the molecule is COc1cc(Nc2nc3c(NCc4ccccc4)ncnc3n2C(C)C)cc(OC)c1OC. The fourth-order valence-electron chi connectivity index (χ4n) is 3.68. The number of hydrogen-bond acceptors (Lipinski definition) is 8. The van der Waals surface area contributed by atoms with Crippen molar-refractivity contribution in [1.82, 2.24) is 19.5 Å². The molecular formula is C24H28N6O3. The lowest BCUT2D eigenvalue weighted by atomic mass is 10.2. The molecule has 4 aromatic rings. The zero-order valence-corrected chi connectivity index (χ0v) is 19.4. The second-order valence-corrected chi connectivity index (χ2v) is 7.67. The molecule has 33 heavy (non-hydrogen) atoms. The smallest absolute Gasteiger partial charge is 0.210 e. The van der Waals surface area contributed by atoms with Crippen molar-refractivity contribution in [3.05, 3.63) is 54.4 Å². The van der Waals surface area contributed by atoms with E-state index >= 15 is 0 Å². The molecule has 4 rings (SSSR count). The van der Waals surface area contributed by atoms with Gasteiger partial charge in [-0.1, -0.05) is 30.3 Å². The molecule has 0 bridgehead atoms. The van der Waals surface area contributed by atoms with Crippen molar-refractivity contribution in [3.63, 3.8) is 0 Å². The highest BCUT2D eigenvalue weighted by atomic mass is 16.5. The maximum Gasteiger partial charge on any atom is 0.210 e. The third-order valence-corrected chi connectivity index (χ3v) is 5.22. The van der Waals surface area contributed by atoms with Gasteiger partial charge in [-0.3, -0.25) is 4.57 Å². The lowest BCUT2D eigenvalue weighted by Gasteiger charge is -2.16. The number of methoxy groups -OCH3 is 3. The second kappa shape index (κ2) is 9.64. The highest BCUT2D eigenvalue weighted by Gasteiger charge is 2.20. The van der Waals surface area contributed by atoms with Crippen molar-refractivity contribution in [2.24, 2.45) is 0 Å². The molecule has 2 heterocycles. The first-order valence-corrected chi connectivity index (χ1v) is 10.6. The molecule has 0 aliphatic heterocycles. The highest BCUT2D eigenvalue weighted by Crippen LogP contribution is 2.41. The van der Waals surface area contributed by atoms with Crippen molar-refractivity contribution < 1.29 is 14.2 Å². The molecule has 0 unspecified atom stereocenters. The first kappa shape index (κ1) is 22.2. The van der Waals surface area contributed by atoms with E-state index in [4.69, 9.17) is 19.2 Å². The number of ether oxygens (including phenoxy) is 3. The molecule has 172 valence electrons. The lowest BCUT2D eigenvalue weighted by molar-refractivity contribution is 0.324. The molecule has 0 spiro atoms. The van der Waals surface area contributed by atoms with Crippen LogP contribution < -0.4 is 24.8 Å². The van der Waals surface area contributed by atoms with Crippen LogP contribution >= 0.6 is 0 Å². The molecule has 0 saturated heterocycles. The van der Waals surface area contributed by atoms with Gasteiger partial charge in [-0.25, -0.2) is 15.0 Å². The molecule has 0 atom stereocenters. The Hall–Kier alpha value is -4.01. The van der Waals surface area contributed by atoms with Crippen LogP contribution in [0, 0.1) is 0 Å². The average molecular weight is 449 g/mol. The van der Waals surface area contributed by atoms with E-state index in [0.29, 0.717) is 41.1 Å². The molecule has 2 aromatic carbocycles. The largest absolute Gasteiger partial charge is 0.493 e. The van der Waals surface area contributed by atoms with Crippen LogP contribution in [0.2, 0.25) is 0 Å². The topological polar surface area (TPSA) is 95.4 Å². The summed E-state index contributed by atoms with van der Waals surface area (Å²) in [7, 11) is 4.75. The van der Waals surface area contributed by atoms with Gasteiger partial charge < -0.3 is 24.8 Å². The van der Waals surface area contributed by atoms with Gasteiger partial charge in [0, 0.05) is 30.4 Å². The van der Waals surface area contributed by atoms with Crippen LogP contribution in [0.4, 0.5) is 17.5 Å². The number of nitrogens with one attached hydrogen (secondary N) is 2.